The molecule has 5 nitrogen and oxygen atoms in total. The Morgan fingerprint density at radius 1 is 0.312 bits per heavy atom. The molecule has 0 radical (unpaired) electrons. The second-order valence-corrected chi connectivity index (χ2v) is 12.5. The standard InChI is InChI=1S/C43H27N5/c1-5-18-36-31(14-1)32-15-2-6-19-37(32)46(36)30-24-25-39-34(27-30)33-16-3-7-20-38(33)45(39)28-12-11-13-29(26-28)47-41-22-9-10-23-42(41)48-40-21-8-4-17-35(40)44-43(47)48/h1-27H. The molecule has 0 atom stereocenters. The van der Waals surface area contributed by atoms with Gasteiger partial charge in [0.15, 0.2) is 0 Å². The molecule has 0 N–H and O–H groups in total. The Morgan fingerprint density at radius 2 is 0.792 bits per heavy atom. The molecule has 0 aliphatic carbocycles. The van der Waals surface area contributed by atoms with Crippen molar-refractivity contribution in [2.24, 2.45) is 0 Å². The lowest BCUT2D eigenvalue weighted by atomic mass is 10.1. The zero-order chi connectivity index (χ0) is 31.3. The third-order valence-electron chi connectivity index (χ3n) is 9.95. The molecule has 0 spiro atoms. The highest BCUT2D eigenvalue weighted by Gasteiger charge is 2.19. The van der Waals surface area contributed by atoms with Crippen molar-refractivity contribution in [1.82, 2.24) is 23.1 Å². The fraction of sp³-hybridized carbons (Fsp3) is 0. The van der Waals surface area contributed by atoms with E-state index < -0.39 is 0 Å². The van der Waals surface area contributed by atoms with Crippen LogP contribution >= 0.6 is 0 Å². The highest BCUT2D eigenvalue weighted by atomic mass is 15.2. The molecule has 11 aromatic rings. The number of para-hydroxylation sites is 7. The van der Waals surface area contributed by atoms with Gasteiger partial charge in [-0.2, -0.15) is 0 Å². The molecule has 0 unspecified atom stereocenters. The summed E-state index contributed by atoms with van der Waals surface area (Å²) in [6.45, 7) is 0. The molecule has 0 saturated heterocycles. The van der Waals surface area contributed by atoms with Crippen molar-refractivity contribution < 1.29 is 0 Å². The molecule has 48 heavy (non-hydrogen) atoms. The number of rotatable bonds is 3. The van der Waals surface area contributed by atoms with Gasteiger partial charge in [0.25, 0.3) is 0 Å². The summed E-state index contributed by atoms with van der Waals surface area (Å²) in [4.78, 5) is 5.12. The molecular weight excluding hydrogens is 587 g/mol. The molecule has 0 bridgehead atoms. The van der Waals surface area contributed by atoms with Crippen molar-refractivity contribution in [1.29, 1.82) is 0 Å². The molecule has 0 fully saturated rings. The van der Waals surface area contributed by atoms with Gasteiger partial charge in [0.05, 0.1) is 49.8 Å². The van der Waals surface area contributed by atoms with Crippen LogP contribution in [0.5, 0.6) is 0 Å². The van der Waals surface area contributed by atoms with E-state index in [-0.39, 0.29) is 0 Å². The van der Waals surface area contributed by atoms with Crippen molar-refractivity contribution in [3.8, 4) is 17.1 Å². The van der Waals surface area contributed by atoms with E-state index in [1.54, 1.807) is 0 Å². The number of hydrogen-bond donors (Lipinski definition) is 0. The van der Waals surface area contributed by atoms with Crippen molar-refractivity contribution >= 4 is 71.5 Å². The molecular formula is C43H27N5. The van der Waals surface area contributed by atoms with Crippen LogP contribution in [0.1, 0.15) is 0 Å². The largest absolute Gasteiger partial charge is 0.309 e. The maximum absolute atomic E-state index is 5.12. The van der Waals surface area contributed by atoms with Crippen molar-refractivity contribution in [3.63, 3.8) is 0 Å². The van der Waals surface area contributed by atoms with Crippen LogP contribution in [0, 0.1) is 0 Å². The molecule has 4 aromatic heterocycles. The van der Waals surface area contributed by atoms with Gasteiger partial charge in [-0.25, -0.2) is 4.98 Å². The number of hydrogen-bond acceptors (Lipinski definition) is 1. The maximum Gasteiger partial charge on any atom is 0.220 e. The van der Waals surface area contributed by atoms with E-state index in [2.05, 4.69) is 182 Å². The summed E-state index contributed by atoms with van der Waals surface area (Å²) in [7, 11) is 0. The Hall–Kier alpha value is -6.59. The predicted octanol–water partition coefficient (Wildman–Crippen LogP) is 10.6. The van der Waals surface area contributed by atoms with Gasteiger partial charge in [-0.1, -0.05) is 84.9 Å². The van der Waals surface area contributed by atoms with Crippen LogP contribution < -0.4 is 0 Å². The second-order valence-electron chi connectivity index (χ2n) is 12.5. The van der Waals surface area contributed by atoms with E-state index in [1.807, 2.05) is 0 Å². The Bertz CT molecular complexity index is 3020. The third-order valence-corrected chi connectivity index (χ3v) is 9.95. The van der Waals surface area contributed by atoms with Gasteiger partial charge in [-0.15, -0.1) is 0 Å². The average molecular weight is 614 g/mol. The summed E-state index contributed by atoms with van der Waals surface area (Å²) < 4.78 is 9.35. The Labute approximate surface area is 274 Å². The van der Waals surface area contributed by atoms with Crippen molar-refractivity contribution in [3.05, 3.63) is 164 Å². The minimum absolute atomic E-state index is 0.910. The summed E-state index contributed by atoms with van der Waals surface area (Å²) >= 11 is 0. The molecule has 224 valence electrons. The summed E-state index contributed by atoms with van der Waals surface area (Å²) in [5.74, 6) is 0.910. The number of aromatic nitrogens is 5. The first kappa shape index (κ1) is 25.6. The van der Waals surface area contributed by atoms with Gasteiger partial charge >= 0.3 is 0 Å². The fourth-order valence-corrected chi connectivity index (χ4v) is 7.96. The first-order valence-electron chi connectivity index (χ1n) is 16.3. The van der Waals surface area contributed by atoms with Crippen molar-refractivity contribution in [2.45, 2.75) is 0 Å². The van der Waals surface area contributed by atoms with Crippen LogP contribution in [0.2, 0.25) is 0 Å². The monoisotopic (exact) mass is 613 g/mol. The minimum atomic E-state index is 0.910. The Morgan fingerprint density at radius 3 is 1.46 bits per heavy atom. The second kappa shape index (κ2) is 9.47. The molecule has 5 heteroatoms. The quantitative estimate of drug-likeness (QED) is 0.195. The third kappa shape index (κ3) is 3.37. The van der Waals surface area contributed by atoms with E-state index in [4.69, 9.17) is 4.98 Å². The lowest BCUT2D eigenvalue weighted by Gasteiger charge is -2.12. The van der Waals surface area contributed by atoms with E-state index in [9.17, 15) is 0 Å². The highest BCUT2D eigenvalue weighted by molar-refractivity contribution is 6.12. The predicted molar refractivity (Wildman–Crippen MR) is 198 cm³/mol. The van der Waals surface area contributed by atoms with Crippen LogP contribution in [0.25, 0.3) is 88.5 Å². The first-order valence-corrected chi connectivity index (χ1v) is 16.3. The molecule has 0 aliphatic heterocycles. The van der Waals surface area contributed by atoms with Crippen LogP contribution in [0.3, 0.4) is 0 Å². The number of fused-ring (bicyclic) bond motifs is 11. The van der Waals surface area contributed by atoms with Gasteiger partial charge < -0.3 is 9.13 Å². The topological polar surface area (TPSA) is 32.1 Å². The van der Waals surface area contributed by atoms with Crippen LogP contribution in [0.4, 0.5) is 0 Å². The normalized spacial score (nSPS) is 12.2. The lowest BCUT2D eigenvalue weighted by Crippen LogP contribution is -1.99. The first-order chi connectivity index (χ1) is 23.8. The maximum atomic E-state index is 5.12. The number of benzene rings is 7. The van der Waals surface area contributed by atoms with Gasteiger partial charge in [0.2, 0.25) is 5.78 Å². The SMILES string of the molecule is c1cc(-n2c3ccccc3c3cc(-n4c5ccccc5c5ccccc54)ccc32)cc(-n2c3ccccc3n3c4ccccc4nc23)c1. The Kier molecular flexibility index (Phi) is 5.05. The summed E-state index contributed by atoms with van der Waals surface area (Å²) in [6, 6.07) is 58.8. The minimum Gasteiger partial charge on any atom is -0.309 e. The van der Waals surface area contributed by atoms with E-state index in [1.165, 1.54) is 43.6 Å². The molecule has 0 aliphatic rings. The van der Waals surface area contributed by atoms with Crippen LogP contribution in [-0.4, -0.2) is 23.1 Å². The summed E-state index contributed by atoms with van der Waals surface area (Å²) in [5.41, 5.74) is 12.5. The average Bonchev–Trinajstić information content (AvgIpc) is 3.87. The summed E-state index contributed by atoms with van der Waals surface area (Å²) in [6.07, 6.45) is 0. The van der Waals surface area contributed by atoms with E-state index >= 15 is 0 Å². The molecule has 4 heterocycles. The zero-order valence-electron chi connectivity index (χ0n) is 25.8. The van der Waals surface area contributed by atoms with E-state index in [0.29, 0.717) is 0 Å². The number of nitrogens with zero attached hydrogens (tertiary/aromatic N) is 5. The fourth-order valence-electron chi connectivity index (χ4n) is 7.96. The molecule has 7 aromatic carbocycles. The van der Waals surface area contributed by atoms with Crippen LogP contribution in [-0.2, 0) is 0 Å². The van der Waals surface area contributed by atoms with E-state index in [0.717, 1.165) is 44.9 Å². The van der Waals surface area contributed by atoms with Gasteiger partial charge in [-0.3, -0.25) is 8.97 Å². The Balaban J connectivity index is 1.16. The smallest absolute Gasteiger partial charge is 0.220 e. The van der Waals surface area contributed by atoms with Crippen LogP contribution in [0.15, 0.2) is 164 Å². The number of imidazole rings is 2. The molecule has 0 amide bonds. The zero-order valence-corrected chi connectivity index (χ0v) is 25.8. The summed E-state index contributed by atoms with van der Waals surface area (Å²) in [5, 5.41) is 4.99. The highest BCUT2D eigenvalue weighted by Crippen LogP contribution is 2.37. The molecule has 0 saturated carbocycles. The molecule has 11 rings (SSSR count). The van der Waals surface area contributed by atoms with Gasteiger partial charge in [-0.05, 0) is 78.9 Å². The van der Waals surface area contributed by atoms with Gasteiger partial charge in [0.1, 0.15) is 0 Å². The lowest BCUT2D eigenvalue weighted by molar-refractivity contribution is 1.09. The van der Waals surface area contributed by atoms with Gasteiger partial charge in [0, 0.05) is 32.9 Å². The van der Waals surface area contributed by atoms with Crippen molar-refractivity contribution in [2.75, 3.05) is 0 Å².